The Morgan fingerprint density at radius 3 is 2.14 bits per heavy atom. The lowest BCUT2D eigenvalue weighted by atomic mass is 9.77. The molecule has 0 aromatic heterocycles. The molecule has 2 saturated heterocycles. The van der Waals surface area contributed by atoms with Gasteiger partial charge >= 0.3 is 0 Å². The Kier molecular flexibility index (Phi) is 4.81. The van der Waals surface area contributed by atoms with Crippen molar-refractivity contribution < 1.29 is 28.7 Å². The molecule has 2 aliphatic heterocycles. The lowest BCUT2D eigenvalue weighted by molar-refractivity contribution is -0.127. The van der Waals surface area contributed by atoms with Crippen LogP contribution >= 0.6 is 15.9 Å². The van der Waals surface area contributed by atoms with Gasteiger partial charge in [0.15, 0.2) is 0 Å². The molecule has 0 radical (unpaired) electrons. The highest BCUT2D eigenvalue weighted by Crippen LogP contribution is 2.57. The number of rotatable bonds is 3. The van der Waals surface area contributed by atoms with Gasteiger partial charge in [-0.25, -0.2) is 4.90 Å². The fourth-order valence-electron chi connectivity index (χ4n) is 5.48. The second kappa shape index (κ2) is 7.69. The number of carbonyl (C=O) groups is 4. The van der Waals surface area contributed by atoms with Gasteiger partial charge in [0.05, 0.1) is 30.7 Å². The molecule has 35 heavy (non-hydrogen) atoms. The van der Waals surface area contributed by atoms with E-state index >= 15 is 0 Å². The number of methoxy groups -OCH3 is 1. The molecule has 0 unspecified atom stereocenters. The number of ketones is 2. The number of carbonyl (C=O) groups excluding carboxylic acids is 4. The predicted octanol–water partition coefficient (Wildman–Crippen LogP) is 4.15. The molecule has 0 bridgehead atoms. The Balaban J connectivity index is 1.54. The summed E-state index contributed by atoms with van der Waals surface area (Å²) in [6.07, 6.45) is -0.991. The van der Waals surface area contributed by atoms with Gasteiger partial charge in [0.25, 0.3) is 0 Å². The summed E-state index contributed by atoms with van der Waals surface area (Å²) in [7, 11) is 1.51. The van der Waals surface area contributed by atoms with Crippen molar-refractivity contribution in [2.75, 3.05) is 12.0 Å². The van der Waals surface area contributed by atoms with Crippen LogP contribution in [0.3, 0.4) is 0 Å². The van der Waals surface area contributed by atoms with Crippen LogP contribution in [0.1, 0.15) is 32.4 Å². The lowest BCUT2D eigenvalue weighted by Crippen LogP contribution is -2.51. The molecular formula is C27H18BrNO6. The Morgan fingerprint density at radius 2 is 1.51 bits per heavy atom. The van der Waals surface area contributed by atoms with Gasteiger partial charge in [-0.3, -0.25) is 19.2 Å². The van der Waals surface area contributed by atoms with Crippen LogP contribution in [0.2, 0.25) is 0 Å². The number of anilines is 1. The minimum Gasteiger partial charge on any atom is -0.497 e. The Morgan fingerprint density at radius 1 is 0.857 bits per heavy atom. The number of hydrogen-bond donors (Lipinski definition) is 0. The topological polar surface area (TPSA) is 90.0 Å². The van der Waals surface area contributed by atoms with Gasteiger partial charge in [0.1, 0.15) is 5.75 Å². The van der Waals surface area contributed by atoms with Gasteiger partial charge in [-0.05, 0) is 42.0 Å². The van der Waals surface area contributed by atoms with Crippen molar-refractivity contribution in [1.29, 1.82) is 0 Å². The van der Waals surface area contributed by atoms with Crippen molar-refractivity contribution in [3.8, 4) is 5.75 Å². The fourth-order valence-corrected chi connectivity index (χ4v) is 5.75. The van der Waals surface area contributed by atoms with Gasteiger partial charge in [-0.1, -0.05) is 52.3 Å². The molecule has 8 heteroatoms. The normalized spacial score (nSPS) is 24.3. The number of nitrogens with zero attached hydrogens (tertiary/aromatic N) is 1. The molecule has 2 heterocycles. The fraction of sp³-hybridized carbons (Fsp3) is 0.185. The van der Waals surface area contributed by atoms with Crippen LogP contribution in [-0.2, 0) is 14.3 Å². The zero-order valence-corrected chi connectivity index (χ0v) is 20.0. The smallest absolute Gasteiger partial charge is 0.241 e. The SMILES string of the molecule is COc1cccc([C@H]2OC3(C(=O)c4ccccc4C3=O)[C@H]3C(=O)N(c4ccc(Br)cc4)C(=O)[C@H]23)c1. The zero-order chi connectivity index (χ0) is 24.5. The van der Waals surface area contributed by atoms with E-state index in [0.717, 1.165) is 9.37 Å². The summed E-state index contributed by atoms with van der Waals surface area (Å²) in [6, 6.07) is 20.0. The summed E-state index contributed by atoms with van der Waals surface area (Å²) in [4.78, 5) is 56.3. The maximum absolute atomic E-state index is 13.9. The molecule has 3 aliphatic rings. The first-order chi connectivity index (χ1) is 16.9. The summed E-state index contributed by atoms with van der Waals surface area (Å²) in [6.45, 7) is 0. The molecule has 3 aromatic carbocycles. The average Bonchev–Trinajstić information content (AvgIpc) is 3.45. The molecule has 2 amide bonds. The van der Waals surface area contributed by atoms with Crippen molar-refractivity contribution in [3.05, 3.63) is 94.0 Å². The number of Topliss-reactive ketones (excluding diaryl/α,β-unsaturated/α-hetero) is 2. The van der Waals surface area contributed by atoms with Crippen LogP contribution in [0, 0.1) is 11.8 Å². The van der Waals surface area contributed by atoms with Crippen LogP contribution in [0.25, 0.3) is 0 Å². The van der Waals surface area contributed by atoms with Crippen molar-refractivity contribution in [2.24, 2.45) is 11.8 Å². The van der Waals surface area contributed by atoms with Gasteiger partial charge in [0.2, 0.25) is 29.0 Å². The minimum absolute atomic E-state index is 0.199. The third-order valence-electron chi connectivity index (χ3n) is 7.03. The van der Waals surface area contributed by atoms with Crippen molar-refractivity contribution in [3.63, 3.8) is 0 Å². The van der Waals surface area contributed by atoms with E-state index in [1.165, 1.54) is 7.11 Å². The van der Waals surface area contributed by atoms with Crippen LogP contribution in [-0.4, -0.2) is 36.1 Å². The van der Waals surface area contributed by atoms with Crippen LogP contribution < -0.4 is 9.64 Å². The molecule has 3 atom stereocenters. The summed E-state index contributed by atoms with van der Waals surface area (Å²) in [5.41, 5.74) is -0.784. The summed E-state index contributed by atoms with van der Waals surface area (Å²) >= 11 is 3.36. The standard InChI is InChI=1S/C27H18BrNO6/c1-34-17-6-4-5-14(13-17)22-20-21(26(33)29(25(20)32)16-11-9-15(28)10-12-16)27(35-22)23(30)18-7-2-3-8-19(18)24(27)31/h2-13,20-22H,1H3/t20-,21+,22+/m0/s1. The number of ether oxygens (including phenoxy) is 2. The molecule has 1 spiro atoms. The van der Waals surface area contributed by atoms with E-state index in [2.05, 4.69) is 15.9 Å². The molecule has 1 aliphatic carbocycles. The first-order valence-corrected chi connectivity index (χ1v) is 11.8. The summed E-state index contributed by atoms with van der Waals surface area (Å²) in [5.74, 6) is -4.12. The molecule has 3 aromatic rings. The van der Waals surface area contributed by atoms with E-state index in [1.54, 1.807) is 72.8 Å². The first-order valence-electron chi connectivity index (χ1n) is 11.0. The van der Waals surface area contributed by atoms with Gasteiger partial charge in [-0.15, -0.1) is 0 Å². The van der Waals surface area contributed by atoms with Crippen LogP contribution in [0.4, 0.5) is 5.69 Å². The number of imide groups is 1. The van der Waals surface area contributed by atoms with E-state index in [0.29, 0.717) is 17.0 Å². The summed E-state index contributed by atoms with van der Waals surface area (Å²) < 4.78 is 12.4. The highest BCUT2D eigenvalue weighted by atomic mass is 79.9. The Hall–Kier alpha value is -3.62. The average molecular weight is 532 g/mol. The Labute approximate surface area is 208 Å². The lowest BCUT2D eigenvalue weighted by Gasteiger charge is -2.27. The van der Waals surface area contributed by atoms with E-state index in [4.69, 9.17) is 9.47 Å². The van der Waals surface area contributed by atoms with Crippen molar-refractivity contribution in [1.82, 2.24) is 0 Å². The van der Waals surface area contributed by atoms with Crippen LogP contribution in [0.5, 0.6) is 5.75 Å². The van der Waals surface area contributed by atoms with Gasteiger partial charge in [-0.2, -0.15) is 0 Å². The van der Waals surface area contributed by atoms with E-state index in [1.807, 2.05) is 0 Å². The summed E-state index contributed by atoms with van der Waals surface area (Å²) in [5, 5.41) is 0. The number of amides is 2. The second-order valence-corrected chi connectivity index (χ2v) is 9.66. The largest absolute Gasteiger partial charge is 0.497 e. The molecular weight excluding hydrogens is 514 g/mol. The van der Waals surface area contributed by atoms with Crippen LogP contribution in [0.15, 0.2) is 77.3 Å². The molecule has 7 nitrogen and oxygen atoms in total. The highest BCUT2D eigenvalue weighted by molar-refractivity contribution is 9.10. The Bertz CT molecular complexity index is 1400. The highest BCUT2D eigenvalue weighted by Gasteiger charge is 2.74. The van der Waals surface area contributed by atoms with Crippen molar-refractivity contribution in [2.45, 2.75) is 11.7 Å². The first kappa shape index (κ1) is 21.9. The number of hydrogen-bond acceptors (Lipinski definition) is 6. The molecule has 174 valence electrons. The number of fused-ring (bicyclic) bond motifs is 3. The van der Waals surface area contributed by atoms with Crippen molar-refractivity contribution >= 4 is 45.0 Å². The van der Waals surface area contributed by atoms with E-state index in [9.17, 15) is 19.2 Å². The maximum Gasteiger partial charge on any atom is 0.241 e. The third kappa shape index (κ3) is 2.87. The quantitative estimate of drug-likeness (QED) is 0.372. The maximum atomic E-state index is 13.9. The van der Waals surface area contributed by atoms with E-state index < -0.39 is 46.9 Å². The zero-order valence-electron chi connectivity index (χ0n) is 18.4. The minimum atomic E-state index is -2.10. The molecule has 6 rings (SSSR count). The number of halogens is 1. The molecule has 2 fully saturated rings. The monoisotopic (exact) mass is 531 g/mol. The molecule has 0 N–H and O–H groups in total. The van der Waals surface area contributed by atoms with Gasteiger partial charge < -0.3 is 9.47 Å². The third-order valence-corrected chi connectivity index (χ3v) is 7.55. The molecule has 0 saturated carbocycles. The number of benzene rings is 3. The van der Waals surface area contributed by atoms with E-state index in [-0.39, 0.29) is 11.1 Å². The second-order valence-electron chi connectivity index (χ2n) is 8.75. The van der Waals surface area contributed by atoms with Gasteiger partial charge in [0, 0.05) is 15.6 Å². The predicted molar refractivity (Wildman–Crippen MR) is 128 cm³/mol.